The van der Waals surface area contributed by atoms with Gasteiger partial charge in [-0.25, -0.2) is 9.97 Å². The molecule has 6 heteroatoms. The topological polar surface area (TPSA) is 37.8 Å². The number of hydrogen-bond donors (Lipinski definition) is 1. The van der Waals surface area contributed by atoms with Crippen LogP contribution < -0.4 is 5.32 Å². The molecule has 1 aromatic heterocycles. The van der Waals surface area contributed by atoms with Gasteiger partial charge in [-0.15, -0.1) is 0 Å². The summed E-state index contributed by atoms with van der Waals surface area (Å²) in [6, 6.07) is 7.02. The Morgan fingerprint density at radius 2 is 1.70 bits per heavy atom. The van der Waals surface area contributed by atoms with E-state index in [2.05, 4.69) is 15.3 Å². The predicted octanol–water partition coefficient (Wildman–Crippen LogP) is 3.72. The number of benzene rings is 1. The second kappa shape index (κ2) is 5.48. The minimum Gasteiger partial charge on any atom is -0.350 e. The summed E-state index contributed by atoms with van der Waals surface area (Å²) in [6.45, 7) is 3.92. The fourth-order valence-corrected chi connectivity index (χ4v) is 1.84. The Kier molecular flexibility index (Phi) is 3.92. The van der Waals surface area contributed by atoms with Gasteiger partial charge >= 0.3 is 6.18 Å². The van der Waals surface area contributed by atoms with Gasteiger partial charge < -0.3 is 5.32 Å². The van der Waals surface area contributed by atoms with Crippen LogP contribution in [0.2, 0.25) is 0 Å². The molecule has 3 nitrogen and oxygen atoms in total. The fraction of sp³-hybridized carbons (Fsp3) is 0.286. The maximum Gasteiger partial charge on any atom is 0.416 e. The van der Waals surface area contributed by atoms with Crippen molar-refractivity contribution in [3.63, 3.8) is 0 Å². The van der Waals surface area contributed by atoms with Gasteiger partial charge in [0.15, 0.2) is 0 Å². The van der Waals surface area contributed by atoms with Gasteiger partial charge in [0.2, 0.25) is 5.95 Å². The number of anilines is 1. The van der Waals surface area contributed by atoms with Crippen LogP contribution in [0.4, 0.5) is 19.1 Å². The summed E-state index contributed by atoms with van der Waals surface area (Å²) in [6.07, 6.45) is -4.33. The highest BCUT2D eigenvalue weighted by Gasteiger charge is 2.30. The molecule has 1 N–H and O–H groups in total. The number of halogens is 3. The van der Waals surface area contributed by atoms with Crippen LogP contribution in [-0.2, 0) is 12.7 Å². The molecule has 1 heterocycles. The largest absolute Gasteiger partial charge is 0.416 e. The Bertz CT molecular complexity index is 589. The molecule has 1 aromatic carbocycles. The van der Waals surface area contributed by atoms with Crippen LogP contribution in [0.1, 0.15) is 22.5 Å². The van der Waals surface area contributed by atoms with Crippen LogP contribution in [-0.4, -0.2) is 9.97 Å². The third-order valence-electron chi connectivity index (χ3n) is 2.69. The Balaban J connectivity index is 2.11. The minimum absolute atomic E-state index is 0.243. The van der Waals surface area contributed by atoms with Gasteiger partial charge in [0.1, 0.15) is 0 Å². The number of aromatic nitrogens is 2. The molecule has 106 valence electrons. The maximum atomic E-state index is 12.6. The van der Waals surface area contributed by atoms with Crippen molar-refractivity contribution in [2.45, 2.75) is 26.6 Å². The van der Waals surface area contributed by atoms with E-state index in [0.29, 0.717) is 11.5 Å². The van der Waals surface area contributed by atoms with Crippen molar-refractivity contribution in [1.82, 2.24) is 9.97 Å². The second-order valence-corrected chi connectivity index (χ2v) is 4.53. The zero-order valence-electron chi connectivity index (χ0n) is 11.1. The maximum absolute atomic E-state index is 12.6. The van der Waals surface area contributed by atoms with E-state index in [1.165, 1.54) is 6.07 Å². The molecule has 0 radical (unpaired) electrons. The lowest BCUT2D eigenvalue weighted by atomic mass is 10.1. The summed E-state index contributed by atoms with van der Waals surface area (Å²) in [5, 5.41) is 2.93. The van der Waals surface area contributed by atoms with Crippen LogP contribution >= 0.6 is 0 Å². The first kappa shape index (κ1) is 14.3. The van der Waals surface area contributed by atoms with Crippen LogP contribution in [0, 0.1) is 13.8 Å². The minimum atomic E-state index is -4.33. The van der Waals surface area contributed by atoms with Gasteiger partial charge in [-0.1, -0.05) is 12.1 Å². The van der Waals surface area contributed by atoms with Crippen LogP contribution in [0.3, 0.4) is 0 Å². The molecule has 0 fully saturated rings. The molecule has 0 atom stereocenters. The molecule has 0 aliphatic rings. The van der Waals surface area contributed by atoms with E-state index in [1.54, 1.807) is 6.07 Å². The van der Waals surface area contributed by atoms with Crippen LogP contribution in [0.15, 0.2) is 30.3 Å². The Morgan fingerprint density at radius 3 is 2.30 bits per heavy atom. The second-order valence-electron chi connectivity index (χ2n) is 4.53. The van der Waals surface area contributed by atoms with Crippen molar-refractivity contribution < 1.29 is 13.2 Å². The van der Waals surface area contributed by atoms with Crippen molar-refractivity contribution in [2.75, 3.05) is 5.32 Å². The highest BCUT2D eigenvalue weighted by Crippen LogP contribution is 2.29. The Morgan fingerprint density at radius 1 is 1.05 bits per heavy atom. The molecule has 20 heavy (non-hydrogen) atoms. The van der Waals surface area contributed by atoms with Gasteiger partial charge in [0.05, 0.1) is 5.56 Å². The van der Waals surface area contributed by atoms with E-state index in [0.717, 1.165) is 23.5 Å². The van der Waals surface area contributed by atoms with Gasteiger partial charge in [-0.3, -0.25) is 0 Å². The summed E-state index contributed by atoms with van der Waals surface area (Å²) in [7, 11) is 0. The van der Waals surface area contributed by atoms with Gasteiger partial charge in [0, 0.05) is 17.9 Å². The Hall–Kier alpha value is -2.11. The fourth-order valence-electron chi connectivity index (χ4n) is 1.84. The molecule has 0 bridgehead atoms. The zero-order valence-corrected chi connectivity index (χ0v) is 11.1. The van der Waals surface area contributed by atoms with E-state index in [9.17, 15) is 13.2 Å². The molecule has 2 rings (SSSR count). The summed E-state index contributed by atoms with van der Waals surface area (Å²) >= 11 is 0. The highest BCUT2D eigenvalue weighted by atomic mass is 19.4. The SMILES string of the molecule is Cc1cc(C)nc(NCc2cccc(C(F)(F)F)c2)n1. The molecule has 0 amide bonds. The summed E-state index contributed by atoms with van der Waals surface area (Å²) in [4.78, 5) is 8.35. The number of rotatable bonds is 3. The lowest BCUT2D eigenvalue weighted by Gasteiger charge is -2.10. The standard InChI is InChI=1S/C14H14F3N3/c1-9-6-10(2)20-13(19-9)18-8-11-4-3-5-12(7-11)14(15,16)17/h3-7H,8H2,1-2H3,(H,18,19,20). The molecular formula is C14H14F3N3. The molecule has 0 unspecified atom stereocenters. The molecule has 0 spiro atoms. The number of aryl methyl sites for hydroxylation is 2. The first-order chi connectivity index (χ1) is 9.34. The molecule has 0 aliphatic heterocycles. The lowest BCUT2D eigenvalue weighted by molar-refractivity contribution is -0.137. The quantitative estimate of drug-likeness (QED) is 0.931. The first-order valence-corrected chi connectivity index (χ1v) is 6.07. The van der Waals surface area contributed by atoms with Crippen molar-refractivity contribution in [1.29, 1.82) is 0 Å². The number of hydrogen-bond acceptors (Lipinski definition) is 3. The lowest BCUT2D eigenvalue weighted by Crippen LogP contribution is -2.08. The van der Waals surface area contributed by atoms with E-state index in [4.69, 9.17) is 0 Å². The van der Waals surface area contributed by atoms with Gasteiger partial charge in [-0.05, 0) is 37.6 Å². The van der Waals surface area contributed by atoms with Gasteiger partial charge in [0.25, 0.3) is 0 Å². The van der Waals surface area contributed by atoms with Crippen molar-refractivity contribution >= 4 is 5.95 Å². The summed E-state index contributed by atoms with van der Waals surface area (Å²) in [5.41, 5.74) is 1.49. The number of alkyl halides is 3. The monoisotopic (exact) mass is 281 g/mol. The van der Waals surface area contributed by atoms with Gasteiger partial charge in [-0.2, -0.15) is 13.2 Å². The van der Waals surface area contributed by atoms with E-state index >= 15 is 0 Å². The van der Waals surface area contributed by atoms with E-state index in [-0.39, 0.29) is 6.54 Å². The molecule has 2 aromatic rings. The van der Waals surface area contributed by atoms with Crippen molar-refractivity contribution in [3.05, 3.63) is 52.8 Å². The zero-order chi connectivity index (χ0) is 14.8. The smallest absolute Gasteiger partial charge is 0.350 e. The van der Waals surface area contributed by atoms with E-state index in [1.807, 2.05) is 19.9 Å². The van der Waals surface area contributed by atoms with Crippen molar-refractivity contribution in [2.24, 2.45) is 0 Å². The molecule has 0 saturated carbocycles. The first-order valence-electron chi connectivity index (χ1n) is 6.07. The Labute approximate surface area is 114 Å². The molecule has 0 saturated heterocycles. The molecular weight excluding hydrogens is 267 g/mol. The predicted molar refractivity (Wildman–Crippen MR) is 70.3 cm³/mol. The van der Waals surface area contributed by atoms with E-state index < -0.39 is 11.7 Å². The number of nitrogens with zero attached hydrogens (tertiary/aromatic N) is 2. The summed E-state index contributed by atoms with van der Waals surface area (Å²) in [5.74, 6) is 0.417. The van der Waals surface area contributed by atoms with Crippen LogP contribution in [0.5, 0.6) is 0 Å². The highest BCUT2D eigenvalue weighted by molar-refractivity contribution is 5.32. The molecule has 0 aliphatic carbocycles. The average Bonchev–Trinajstić information content (AvgIpc) is 2.35. The van der Waals surface area contributed by atoms with Crippen molar-refractivity contribution in [3.8, 4) is 0 Å². The summed E-state index contributed by atoms with van der Waals surface area (Å²) < 4.78 is 37.8. The normalized spacial score (nSPS) is 11.4. The third kappa shape index (κ3) is 3.69. The average molecular weight is 281 g/mol. The third-order valence-corrected chi connectivity index (χ3v) is 2.69. The number of nitrogens with one attached hydrogen (secondary N) is 1. The van der Waals surface area contributed by atoms with Crippen LogP contribution in [0.25, 0.3) is 0 Å².